The molecule has 18 heavy (non-hydrogen) atoms. The molecular weight excluding hydrogens is 231 g/mol. The fourth-order valence-corrected chi connectivity index (χ4v) is 1.80. The summed E-state index contributed by atoms with van der Waals surface area (Å²) in [5, 5.41) is 12.1. The Morgan fingerprint density at radius 2 is 2.28 bits per heavy atom. The molecule has 0 radical (unpaired) electrons. The molecule has 4 heteroatoms. The fraction of sp³-hybridized carbons (Fsp3) is 0.429. The maximum Gasteiger partial charge on any atom is 0.146 e. The summed E-state index contributed by atoms with van der Waals surface area (Å²) in [6, 6.07) is 5.29. The molecule has 1 aromatic rings. The van der Waals surface area contributed by atoms with Crippen LogP contribution < -0.4 is 10.2 Å². The van der Waals surface area contributed by atoms with Gasteiger partial charge in [-0.05, 0) is 31.7 Å². The monoisotopic (exact) mass is 252 g/mol. The summed E-state index contributed by atoms with van der Waals surface area (Å²) in [6.45, 7) is 6.51. The van der Waals surface area contributed by atoms with E-state index < -0.39 is 0 Å². The fourth-order valence-electron chi connectivity index (χ4n) is 1.80. The molecule has 0 heterocycles. The molecule has 0 amide bonds. The molecule has 0 saturated heterocycles. The summed E-state index contributed by atoms with van der Waals surface area (Å²) in [6.07, 6.45) is 1.69. The third-order valence-electron chi connectivity index (χ3n) is 2.96. The predicted octanol–water partition coefficient (Wildman–Crippen LogP) is 2.09. The van der Waals surface area contributed by atoms with Gasteiger partial charge in [0.25, 0.3) is 0 Å². The third-order valence-corrected chi connectivity index (χ3v) is 2.96. The topological polar surface area (TPSA) is 35.5 Å². The van der Waals surface area contributed by atoms with Gasteiger partial charge in [-0.1, -0.05) is 12.1 Å². The molecule has 100 valence electrons. The molecule has 0 aliphatic heterocycles. The highest BCUT2D eigenvalue weighted by Crippen LogP contribution is 2.23. The molecule has 3 nitrogen and oxygen atoms in total. The molecule has 0 aliphatic rings. The van der Waals surface area contributed by atoms with E-state index in [1.54, 1.807) is 17.0 Å². The van der Waals surface area contributed by atoms with Gasteiger partial charge in [0.1, 0.15) is 5.82 Å². The molecule has 2 N–H and O–H groups in total. The van der Waals surface area contributed by atoms with Crippen LogP contribution in [-0.4, -0.2) is 31.9 Å². The number of anilines is 1. The van der Waals surface area contributed by atoms with Crippen molar-refractivity contribution in [3.8, 4) is 0 Å². The average Bonchev–Trinajstić information content (AvgIpc) is 2.37. The third kappa shape index (κ3) is 3.55. The minimum atomic E-state index is -0.273. The Labute approximate surface area is 108 Å². The van der Waals surface area contributed by atoms with E-state index in [1.165, 1.54) is 6.07 Å². The number of aliphatic hydroxyl groups excluding tert-OH is 1. The first-order chi connectivity index (χ1) is 8.63. The van der Waals surface area contributed by atoms with E-state index in [2.05, 4.69) is 11.9 Å². The quantitative estimate of drug-likeness (QED) is 0.729. The van der Waals surface area contributed by atoms with Gasteiger partial charge in [-0.3, -0.25) is 0 Å². The first-order valence-electron chi connectivity index (χ1n) is 6.07. The summed E-state index contributed by atoms with van der Waals surface area (Å²) in [7, 11) is 1.84. The lowest BCUT2D eigenvalue weighted by atomic mass is 10.1. The SMILES string of the molecule is C=CCN(CCO)c1ccc(C(C)NC)cc1F. The zero-order valence-corrected chi connectivity index (χ0v) is 11.0. The van der Waals surface area contributed by atoms with Crippen molar-refractivity contribution in [2.24, 2.45) is 0 Å². The number of hydrogen-bond acceptors (Lipinski definition) is 3. The molecule has 0 fully saturated rings. The molecule has 1 unspecified atom stereocenters. The van der Waals surface area contributed by atoms with Crippen LogP contribution in [-0.2, 0) is 0 Å². The van der Waals surface area contributed by atoms with Gasteiger partial charge < -0.3 is 15.3 Å². The molecule has 1 aromatic carbocycles. The van der Waals surface area contributed by atoms with E-state index in [0.29, 0.717) is 18.8 Å². The molecule has 0 aliphatic carbocycles. The van der Waals surface area contributed by atoms with Gasteiger partial charge in [0.15, 0.2) is 0 Å². The van der Waals surface area contributed by atoms with Crippen molar-refractivity contribution >= 4 is 5.69 Å². The molecular formula is C14H21FN2O. The maximum atomic E-state index is 14.1. The number of nitrogens with one attached hydrogen (secondary N) is 1. The number of nitrogens with zero attached hydrogens (tertiary/aromatic N) is 1. The lowest BCUT2D eigenvalue weighted by Gasteiger charge is -2.23. The minimum absolute atomic E-state index is 0.0120. The molecule has 1 rings (SSSR count). The average molecular weight is 252 g/mol. The van der Waals surface area contributed by atoms with E-state index >= 15 is 0 Å². The van der Waals surface area contributed by atoms with Gasteiger partial charge >= 0.3 is 0 Å². The molecule has 1 atom stereocenters. The number of benzene rings is 1. The minimum Gasteiger partial charge on any atom is -0.395 e. The van der Waals surface area contributed by atoms with Crippen molar-refractivity contribution in [1.29, 1.82) is 0 Å². The Hall–Kier alpha value is -1.39. The van der Waals surface area contributed by atoms with E-state index in [9.17, 15) is 4.39 Å². The summed E-state index contributed by atoms with van der Waals surface area (Å²) < 4.78 is 14.1. The summed E-state index contributed by atoms with van der Waals surface area (Å²) in [5.41, 5.74) is 1.40. The van der Waals surface area contributed by atoms with Crippen molar-refractivity contribution in [1.82, 2.24) is 5.32 Å². The van der Waals surface area contributed by atoms with Crippen molar-refractivity contribution < 1.29 is 9.50 Å². The first kappa shape index (κ1) is 14.7. The van der Waals surface area contributed by atoms with Gasteiger partial charge in [-0.15, -0.1) is 6.58 Å². The summed E-state index contributed by atoms with van der Waals surface area (Å²) in [4.78, 5) is 1.76. The number of halogens is 1. The van der Waals surface area contributed by atoms with E-state index in [4.69, 9.17) is 5.11 Å². The van der Waals surface area contributed by atoms with Gasteiger partial charge in [0, 0.05) is 19.1 Å². The Balaban J connectivity index is 2.98. The number of rotatable bonds is 7. The molecule has 0 aromatic heterocycles. The second-order valence-electron chi connectivity index (χ2n) is 4.18. The second kappa shape index (κ2) is 7.13. The smallest absolute Gasteiger partial charge is 0.146 e. The van der Waals surface area contributed by atoms with Gasteiger partial charge in [0.2, 0.25) is 0 Å². The number of hydrogen-bond donors (Lipinski definition) is 2. The van der Waals surface area contributed by atoms with Crippen LogP contribution in [0.4, 0.5) is 10.1 Å². The summed E-state index contributed by atoms with van der Waals surface area (Å²) in [5.74, 6) is -0.273. The van der Waals surface area contributed by atoms with Crippen LogP contribution in [0.25, 0.3) is 0 Å². The van der Waals surface area contributed by atoms with Gasteiger partial charge in [-0.25, -0.2) is 4.39 Å². The van der Waals surface area contributed by atoms with Crippen molar-refractivity contribution in [3.63, 3.8) is 0 Å². The van der Waals surface area contributed by atoms with Crippen LogP contribution in [0.2, 0.25) is 0 Å². The Morgan fingerprint density at radius 1 is 1.56 bits per heavy atom. The maximum absolute atomic E-state index is 14.1. The van der Waals surface area contributed by atoms with Crippen LogP contribution in [0.3, 0.4) is 0 Å². The lowest BCUT2D eigenvalue weighted by Crippen LogP contribution is -2.27. The van der Waals surface area contributed by atoms with E-state index in [0.717, 1.165) is 5.56 Å². The highest BCUT2D eigenvalue weighted by molar-refractivity contribution is 5.50. The van der Waals surface area contributed by atoms with Crippen LogP contribution in [0.1, 0.15) is 18.5 Å². The van der Waals surface area contributed by atoms with Crippen LogP contribution in [0.5, 0.6) is 0 Å². The first-order valence-corrected chi connectivity index (χ1v) is 6.07. The van der Waals surface area contributed by atoms with Crippen LogP contribution in [0.15, 0.2) is 30.9 Å². The molecule has 0 spiro atoms. The molecule has 0 bridgehead atoms. The van der Waals surface area contributed by atoms with Gasteiger partial charge in [0.05, 0.1) is 12.3 Å². The van der Waals surface area contributed by atoms with Crippen molar-refractivity contribution in [2.45, 2.75) is 13.0 Å². The zero-order valence-electron chi connectivity index (χ0n) is 11.0. The zero-order chi connectivity index (χ0) is 13.5. The largest absolute Gasteiger partial charge is 0.395 e. The van der Waals surface area contributed by atoms with E-state index in [-0.39, 0.29) is 18.5 Å². The second-order valence-corrected chi connectivity index (χ2v) is 4.18. The van der Waals surface area contributed by atoms with Crippen LogP contribution >= 0.6 is 0 Å². The highest BCUT2D eigenvalue weighted by atomic mass is 19.1. The normalized spacial score (nSPS) is 12.2. The predicted molar refractivity (Wildman–Crippen MR) is 73.4 cm³/mol. The Bertz CT molecular complexity index is 395. The van der Waals surface area contributed by atoms with E-state index in [1.807, 2.05) is 20.0 Å². The standard InChI is InChI=1S/C14H21FN2O/c1-4-7-17(8-9-18)14-6-5-12(10-13(14)15)11(2)16-3/h4-6,10-11,16,18H,1,7-9H2,2-3H3. The Morgan fingerprint density at radius 3 is 2.78 bits per heavy atom. The Kier molecular flexibility index (Phi) is 5.82. The highest BCUT2D eigenvalue weighted by Gasteiger charge is 2.12. The van der Waals surface area contributed by atoms with Crippen LogP contribution in [0, 0.1) is 5.82 Å². The van der Waals surface area contributed by atoms with Crippen molar-refractivity contribution in [3.05, 3.63) is 42.2 Å². The molecule has 0 saturated carbocycles. The van der Waals surface area contributed by atoms with Crippen molar-refractivity contribution in [2.75, 3.05) is 31.6 Å². The number of aliphatic hydroxyl groups is 1. The van der Waals surface area contributed by atoms with Gasteiger partial charge in [-0.2, -0.15) is 0 Å². The lowest BCUT2D eigenvalue weighted by molar-refractivity contribution is 0.302. The summed E-state index contributed by atoms with van der Waals surface area (Å²) >= 11 is 0.